The lowest BCUT2D eigenvalue weighted by atomic mass is 9.99. The molecule has 3 nitrogen and oxygen atoms in total. The van der Waals surface area contributed by atoms with E-state index in [1.54, 1.807) is 6.92 Å². The standard InChI is InChI=1S/C27H26N2O/c1-5-20-17-23(15-16-24(20)19(3)30)27-28-25(21-13-11-18(2)12-14-21)26(29(27)4)22-9-7-6-8-10-22/h6-17H,5H2,1-4H3. The zero-order chi connectivity index (χ0) is 21.3. The predicted octanol–water partition coefficient (Wildman–Crippen LogP) is 6.49. The van der Waals surface area contributed by atoms with E-state index in [-0.39, 0.29) is 5.78 Å². The normalized spacial score (nSPS) is 10.9. The molecule has 4 aromatic rings. The molecule has 0 radical (unpaired) electrons. The summed E-state index contributed by atoms with van der Waals surface area (Å²) in [5.41, 5.74) is 8.37. The van der Waals surface area contributed by atoms with Crippen LogP contribution in [0, 0.1) is 6.92 Å². The van der Waals surface area contributed by atoms with Gasteiger partial charge in [0.1, 0.15) is 5.82 Å². The summed E-state index contributed by atoms with van der Waals surface area (Å²) in [5.74, 6) is 0.998. The van der Waals surface area contributed by atoms with Gasteiger partial charge in [-0.1, -0.05) is 79.2 Å². The van der Waals surface area contributed by atoms with Crippen LogP contribution >= 0.6 is 0 Å². The van der Waals surface area contributed by atoms with Gasteiger partial charge in [-0.25, -0.2) is 4.98 Å². The van der Waals surface area contributed by atoms with Gasteiger partial charge in [0.15, 0.2) is 5.78 Å². The molecule has 3 heteroatoms. The summed E-state index contributed by atoms with van der Waals surface area (Å²) >= 11 is 0. The first-order chi connectivity index (χ1) is 14.5. The van der Waals surface area contributed by atoms with Crippen molar-refractivity contribution < 1.29 is 4.79 Å². The maximum Gasteiger partial charge on any atom is 0.160 e. The number of benzene rings is 3. The van der Waals surface area contributed by atoms with Gasteiger partial charge in [-0.05, 0) is 31.9 Å². The van der Waals surface area contributed by atoms with Crippen molar-refractivity contribution in [3.05, 3.63) is 89.5 Å². The summed E-state index contributed by atoms with van der Waals surface area (Å²) in [6.45, 7) is 5.80. The topological polar surface area (TPSA) is 34.9 Å². The third-order valence-electron chi connectivity index (χ3n) is 5.59. The van der Waals surface area contributed by atoms with Crippen molar-refractivity contribution in [3.8, 4) is 33.9 Å². The zero-order valence-corrected chi connectivity index (χ0v) is 17.9. The Hall–Kier alpha value is -3.46. The van der Waals surface area contributed by atoms with E-state index in [1.165, 1.54) is 5.56 Å². The number of hydrogen-bond donors (Lipinski definition) is 0. The molecule has 0 aliphatic rings. The van der Waals surface area contributed by atoms with Crippen molar-refractivity contribution >= 4 is 5.78 Å². The second-order valence-corrected chi connectivity index (χ2v) is 7.71. The molecule has 0 aliphatic heterocycles. The van der Waals surface area contributed by atoms with Gasteiger partial charge in [0.2, 0.25) is 0 Å². The number of carbonyl (C=O) groups excluding carboxylic acids is 1. The number of imidazole rings is 1. The maximum absolute atomic E-state index is 12.0. The molecule has 0 fully saturated rings. The smallest absolute Gasteiger partial charge is 0.160 e. The number of nitrogens with zero attached hydrogens (tertiary/aromatic N) is 2. The number of carbonyl (C=O) groups is 1. The molecule has 0 N–H and O–H groups in total. The molecule has 0 saturated carbocycles. The number of aromatic nitrogens is 2. The van der Waals surface area contributed by atoms with E-state index in [0.717, 1.165) is 51.5 Å². The Bertz CT molecular complexity index is 1200. The molecule has 0 bridgehead atoms. The molecule has 0 spiro atoms. The van der Waals surface area contributed by atoms with Crippen molar-refractivity contribution in [1.82, 2.24) is 9.55 Å². The number of rotatable bonds is 5. The second kappa shape index (κ2) is 8.11. The van der Waals surface area contributed by atoms with Gasteiger partial charge in [-0.3, -0.25) is 4.79 Å². The van der Waals surface area contributed by atoms with Crippen LogP contribution in [0.4, 0.5) is 0 Å². The summed E-state index contributed by atoms with van der Waals surface area (Å²) in [6.07, 6.45) is 0.809. The van der Waals surface area contributed by atoms with Gasteiger partial charge in [0, 0.05) is 29.3 Å². The van der Waals surface area contributed by atoms with Crippen LogP contribution in [-0.4, -0.2) is 15.3 Å². The first kappa shape index (κ1) is 19.8. The highest BCUT2D eigenvalue weighted by atomic mass is 16.1. The van der Waals surface area contributed by atoms with Crippen LogP contribution in [0.5, 0.6) is 0 Å². The molecule has 0 amide bonds. The molecular formula is C27H26N2O. The van der Waals surface area contributed by atoms with Gasteiger partial charge in [-0.2, -0.15) is 0 Å². The minimum absolute atomic E-state index is 0.101. The quantitative estimate of drug-likeness (QED) is 0.362. The lowest BCUT2D eigenvalue weighted by Crippen LogP contribution is -2.01. The minimum Gasteiger partial charge on any atom is -0.327 e. The SMILES string of the molecule is CCc1cc(-c2nc(-c3ccc(C)cc3)c(-c3ccccc3)n2C)ccc1C(C)=O. The van der Waals surface area contributed by atoms with Crippen molar-refractivity contribution in [2.45, 2.75) is 27.2 Å². The Morgan fingerprint density at radius 3 is 2.20 bits per heavy atom. The van der Waals surface area contributed by atoms with Crippen LogP contribution in [0.1, 0.15) is 35.3 Å². The molecule has 1 heterocycles. The lowest BCUT2D eigenvalue weighted by molar-refractivity contribution is 0.101. The summed E-state index contributed by atoms with van der Waals surface area (Å²) in [5, 5.41) is 0. The Labute approximate surface area is 178 Å². The van der Waals surface area contributed by atoms with Crippen LogP contribution in [0.2, 0.25) is 0 Å². The third kappa shape index (κ3) is 3.59. The Morgan fingerprint density at radius 1 is 0.900 bits per heavy atom. The van der Waals surface area contributed by atoms with E-state index in [2.05, 4.69) is 80.1 Å². The second-order valence-electron chi connectivity index (χ2n) is 7.71. The molecule has 3 aromatic carbocycles. The molecule has 0 atom stereocenters. The molecule has 30 heavy (non-hydrogen) atoms. The highest BCUT2D eigenvalue weighted by Gasteiger charge is 2.20. The van der Waals surface area contributed by atoms with Crippen LogP contribution in [0.3, 0.4) is 0 Å². The lowest BCUT2D eigenvalue weighted by Gasteiger charge is -2.10. The molecule has 0 saturated heterocycles. The monoisotopic (exact) mass is 394 g/mol. The van der Waals surface area contributed by atoms with Crippen LogP contribution in [-0.2, 0) is 13.5 Å². The first-order valence-corrected chi connectivity index (χ1v) is 10.3. The van der Waals surface area contributed by atoms with E-state index in [4.69, 9.17) is 4.98 Å². The molecular weight excluding hydrogens is 368 g/mol. The Morgan fingerprint density at radius 2 is 1.57 bits per heavy atom. The highest BCUT2D eigenvalue weighted by Crippen LogP contribution is 2.36. The molecule has 0 aliphatic carbocycles. The fraction of sp³-hybridized carbons (Fsp3) is 0.185. The van der Waals surface area contributed by atoms with Gasteiger partial charge < -0.3 is 4.57 Å². The number of hydrogen-bond acceptors (Lipinski definition) is 2. The third-order valence-corrected chi connectivity index (χ3v) is 5.59. The molecule has 4 rings (SSSR count). The summed E-state index contributed by atoms with van der Waals surface area (Å²) in [7, 11) is 2.06. The fourth-order valence-electron chi connectivity index (χ4n) is 3.96. The average molecular weight is 395 g/mol. The molecule has 0 unspecified atom stereocenters. The van der Waals surface area contributed by atoms with E-state index >= 15 is 0 Å². The zero-order valence-electron chi connectivity index (χ0n) is 17.9. The van der Waals surface area contributed by atoms with Gasteiger partial charge in [0.25, 0.3) is 0 Å². The van der Waals surface area contributed by atoms with E-state index in [1.807, 2.05) is 18.2 Å². The van der Waals surface area contributed by atoms with Gasteiger partial charge in [-0.15, -0.1) is 0 Å². The maximum atomic E-state index is 12.0. The number of aryl methyl sites for hydroxylation is 2. The largest absolute Gasteiger partial charge is 0.327 e. The van der Waals surface area contributed by atoms with Gasteiger partial charge in [0.05, 0.1) is 11.4 Å². The van der Waals surface area contributed by atoms with Crippen molar-refractivity contribution in [1.29, 1.82) is 0 Å². The van der Waals surface area contributed by atoms with Crippen molar-refractivity contribution in [2.24, 2.45) is 7.05 Å². The first-order valence-electron chi connectivity index (χ1n) is 10.3. The number of ketones is 1. The summed E-state index contributed by atoms with van der Waals surface area (Å²) in [6, 6.07) is 24.9. The predicted molar refractivity (Wildman–Crippen MR) is 124 cm³/mol. The summed E-state index contributed by atoms with van der Waals surface area (Å²) in [4.78, 5) is 17.1. The number of Topliss-reactive ketones (excluding diaryl/α,β-unsaturated/α-hetero) is 1. The Kier molecular flexibility index (Phi) is 5.37. The van der Waals surface area contributed by atoms with Crippen molar-refractivity contribution in [2.75, 3.05) is 0 Å². The van der Waals surface area contributed by atoms with E-state index in [0.29, 0.717) is 0 Å². The van der Waals surface area contributed by atoms with E-state index in [9.17, 15) is 4.79 Å². The van der Waals surface area contributed by atoms with E-state index < -0.39 is 0 Å². The average Bonchev–Trinajstić information content (AvgIpc) is 3.11. The van der Waals surface area contributed by atoms with Crippen LogP contribution in [0.15, 0.2) is 72.8 Å². The van der Waals surface area contributed by atoms with Crippen molar-refractivity contribution in [3.63, 3.8) is 0 Å². The highest BCUT2D eigenvalue weighted by molar-refractivity contribution is 5.96. The van der Waals surface area contributed by atoms with Crippen LogP contribution < -0.4 is 0 Å². The Balaban J connectivity index is 1.94. The summed E-state index contributed by atoms with van der Waals surface area (Å²) < 4.78 is 2.16. The molecule has 150 valence electrons. The molecule has 1 aromatic heterocycles. The van der Waals surface area contributed by atoms with Crippen LogP contribution in [0.25, 0.3) is 33.9 Å². The minimum atomic E-state index is 0.101. The fourth-order valence-corrected chi connectivity index (χ4v) is 3.96. The van der Waals surface area contributed by atoms with Gasteiger partial charge >= 0.3 is 0 Å².